The third kappa shape index (κ3) is 6.12. The Morgan fingerprint density at radius 1 is 1.30 bits per heavy atom. The summed E-state index contributed by atoms with van der Waals surface area (Å²) in [5.41, 5.74) is 1.31. The molecule has 2 aromatic rings. The van der Waals surface area contributed by atoms with Gasteiger partial charge in [-0.25, -0.2) is 9.98 Å². The molecule has 2 rings (SSSR count). The van der Waals surface area contributed by atoms with Crippen molar-refractivity contribution in [2.45, 2.75) is 40.5 Å². The Balaban J connectivity index is 2.12. The molecule has 0 unspecified atom stereocenters. The van der Waals surface area contributed by atoms with Gasteiger partial charge in [0.1, 0.15) is 17.3 Å². The first-order valence-corrected chi connectivity index (χ1v) is 8.49. The monoisotopic (exact) mass is 382 g/mol. The number of nitrogens with one attached hydrogen (secondary N) is 2. The first-order valence-electron chi connectivity index (χ1n) is 8.49. The van der Waals surface area contributed by atoms with Crippen molar-refractivity contribution in [1.82, 2.24) is 15.6 Å². The summed E-state index contributed by atoms with van der Waals surface area (Å²) in [6.07, 6.45) is 0. The summed E-state index contributed by atoms with van der Waals surface area (Å²) in [5.74, 6) is 2.39. The van der Waals surface area contributed by atoms with Crippen molar-refractivity contribution in [2.75, 3.05) is 13.7 Å². The van der Waals surface area contributed by atoms with Crippen LogP contribution in [0.5, 0.6) is 11.5 Å². The van der Waals surface area contributed by atoms with Crippen molar-refractivity contribution >= 4 is 5.96 Å². The van der Waals surface area contributed by atoms with Gasteiger partial charge in [0.25, 0.3) is 0 Å². The van der Waals surface area contributed by atoms with E-state index in [1.165, 1.54) is 13.2 Å². The number of aromatic nitrogens is 1. The first kappa shape index (κ1) is 20.5. The smallest absolute Gasteiger partial charge is 0.387 e. The summed E-state index contributed by atoms with van der Waals surface area (Å²) in [4.78, 5) is 8.71. The third-order valence-corrected chi connectivity index (χ3v) is 3.72. The van der Waals surface area contributed by atoms with E-state index in [0.717, 1.165) is 11.5 Å². The molecule has 0 fully saturated rings. The maximum Gasteiger partial charge on any atom is 0.387 e. The highest BCUT2D eigenvalue weighted by Gasteiger charge is 2.12. The van der Waals surface area contributed by atoms with Crippen LogP contribution in [-0.4, -0.2) is 31.2 Å². The molecule has 27 heavy (non-hydrogen) atoms. The van der Waals surface area contributed by atoms with Crippen LogP contribution in [0.15, 0.2) is 27.6 Å². The van der Waals surface area contributed by atoms with Crippen molar-refractivity contribution in [3.05, 3.63) is 41.1 Å². The van der Waals surface area contributed by atoms with E-state index in [1.54, 1.807) is 12.1 Å². The van der Waals surface area contributed by atoms with Crippen LogP contribution in [0.25, 0.3) is 0 Å². The van der Waals surface area contributed by atoms with Gasteiger partial charge in [0.05, 0.1) is 25.9 Å². The van der Waals surface area contributed by atoms with Gasteiger partial charge in [-0.3, -0.25) is 0 Å². The lowest BCUT2D eigenvalue weighted by atomic mass is 10.2. The fourth-order valence-electron chi connectivity index (χ4n) is 2.30. The minimum atomic E-state index is -2.91. The van der Waals surface area contributed by atoms with Crippen LogP contribution in [0.1, 0.15) is 29.8 Å². The van der Waals surface area contributed by atoms with E-state index in [0.29, 0.717) is 36.3 Å². The van der Waals surface area contributed by atoms with Crippen molar-refractivity contribution in [1.29, 1.82) is 0 Å². The predicted octanol–water partition coefficient (Wildman–Crippen LogP) is 3.16. The Kier molecular flexibility index (Phi) is 7.39. The van der Waals surface area contributed by atoms with Crippen molar-refractivity contribution < 1.29 is 22.7 Å². The Labute approximate surface area is 156 Å². The average molecular weight is 382 g/mol. The Bertz CT molecular complexity index is 758. The summed E-state index contributed by atoms with van der Waals surface area (Å²) in [6.45, 7) is 3.83. The summed E-state index contributed by atoms with van der Waals surface area (Å²) in [5, 5.41) is 6.18. The van der Waals surface area contributed by atoms with Crippen molar-refractivity contribution in [3.63, 3.8) is 0 Å². The lowest BCUT2D eigenvalue weighted by Gasteiger charge is -2.13. The summed E-state index contributed by atoms with van der Waals surface area (Å²) < 4.78 is 40.5. The molecule has 0 aliphatic rings. The van der Waals surface area contributed by atoms with Crippen LogP contribution in [-0.2, 0) is 13.1 Å². The zero-order valence-electron chi connectivity index (χ0n) is 15.8. The molecule has 0 aliphatic heterocycles. The number of oxazole rings is 1. The third-order valence-electron chi connectivity index (χ3n) is 3.72. The van der Waals surface area contributed by atoms with E-state index in [-0.39, 0.29) is 12.3 Å². The molecule has 0 spiro atoms. The number of aryl methyl sites for hydroxylation is 2. The molecule has 0 saturated heterocycles. The van der Waals surface area contributed by atoms with Crippen LogP contribution < -0.4 is 20.1 Å². The molecule has 1 heterocycles. The van der Waals surface area contributed by atoms with Gasteiger partial charge >= 0.3 is 6.61 Å². The zero-order chi connectivity index (χ0) is 19.8. The number of benzene rings is 1. The van der Waals surface area contributed by atoms with Gasteiger partial charge in [0, 0.05) is 12.1 Å². The second-order valence-electron chi connectivity index (χ2n) is 5.65. The first-order chi connectivity index (χ1) is 12.9. The molecule has 9 heteroatoms. The van der Waals surface area contributed by atoms with Gasteiger partial charge in [-0.2, -0.15) is 8.78 Å². The number of rotatable bonds is 8. The fraction of sp³-hybridized carbons (Fsp3) is 0.444. The number of nitrogens with zero attached hydrogens (tertiary/aromatic N) is 2. The minimum absolute atomic E-state index is 0.0596. The highest BCUT2D eigenvalue weighted by Crippen LogP contribution is 2.26. The molecule has 0 radical (unpaired) electrons. The molecule has 1 aromatic heterocycles. The zero-order valence-corrected chi connectivity index (χ0v) is 15.8. The lowest BCUT2D eigenvalue weighted by Crippen LogP contribution is -2.36. The number of alkyl halides is 2. The molecular weight excluding hydrogens is 358 g/mol. The molecule has 0 aliphatic carbocycles. The number of ether oxygens (including phenoxy) is 2. The molecule has 0 amide bonds. The maximum absolute atomic E-state index is 12.6. The van der Waals surface area contributed by atoms with Crippen LogP contribution in [0.3, 0.4) is 0 Å². The number of aliphatic imine (C=N–C) groups is 1. The number of halogens is 2. The quantitative estimate of drug-likeness (QED) is 0.539. The Morgan fingerprint density at radius 2 is 2.07 bits per heavy atom. The molecule has 148 valence electrons. The van der Waals surface area contributed by atoms with E-state index < -0.39 is 6.61 Å². The average Bonchev–Trinajstić information content (AvgIpc) is 2.95. The summed E-state index contributed by atoms with van der Waals surface area (Å²) >= 11 is 0. The second-order valence-corrected chi connectivity index (χ2v) is 5.65. The van der Waals surface area contributed by atoms with Gasteiger partial charge in [0.15, 0.2) is 5.96 Å². The normalized spacial score (nSPS) is 11.6. The highest BCUT2D eigenvalue weighted by molar-refractivity contribution is 5.79. The molecular formula is C18H24F2N4O3. The van der Waals surface area contributed by atoms with Gasteiger partial charge < -0.3 is 24.5 Å². The van der Waals surface area contributed by atoms with Crippen LogP contribution >= 0.6 is 0 Å². The standard InChI is InChI=1S/C18H24F2N4O3/c1-5-21-18(23-10-16-24-11(2)12(3)26-16)22-9-13-8-14(25-4)6-7-15(13)27-17(19)20/h6-8,17H,5,9-10H2,1-4H3,(H2,21,22,23). The number of methoxy groups -OCH3 is 1. The molecule has 0 saturated carbocycles. The fourth-order valence-corrected chi connectivity index (χ4v) is 2.30. The molecule has 0 atom stereocenters. The SMILES string of the molecule is CCNC(=NCc1cc(OC)ccc1OC(F)F)NCc1nc(C)c(C)o1. The number of hydrogen-bond acceptors (Lipinski definition) is 5. The molecule has 0 bridgehead atoms. The summed E-state index contributed by atoms with van der Waals surface area (Å²) in [6, 6.07) is 4.61. The van der Waals surface area contributed by atoms with Gasteiger partial charge in [-0.15, -0.1) is 0 Å². The van der Waals surface area contributed by atoms with Gasteiger partial charge in [-0.1, -0.05) is 0 Å². The maximum atomic E-state index is 12.6. The Hall–Kier alpha value is -2.84. The van der Waals surface area contributed by atoms with Crippen LogP contribution in [0.2, 0.25) is 0 Å². The molecule has 7 nitrogen and oxygen atoms in total. The van der Waals surface area contributed by atoms with E-state index >= 15 is 0 Å². The number of guanidine groups is 1. The van der Waals surface area contributed by atoms with E-state index in [9.17, 15) is 8.78 Å². The van der Waals surface area contributed by atoms with E-state index in [2.05, 4.69) is 25.3 Å². The second kappa shape index (κ2) is 9.75. The van der Waals surface area contributed by atoms with Crippen LogP contribution in [0.4, 0.5) is 8.78 Å². The van der Waals surface area contributed by atoms with Crippen molar-refractivity contribution in [2.24, 2.45) is 4.99 Å². The van der Waals surface area contributed by atoms with E-state index in [4.69, 9.17) is 9.15 Å². The van der Waals surface area contributed by atoms with Crippen LogP contribution in [0, 0.1) is 13.8 Å². The van der Waals surface area contributed by atoms with E-state index in [1.807, 2.05) is 20.8 Å². The topological polar surface area (TPSA) is 80.9 Å². The van der Waals surface area contributed by atoms with Gasteiger partial charge in [-0.05, 0) is 39.0 Å². The van der Waals surface area contributed by atoms with Crippen molar-refractivity contribution in [3.8, 4) is 11.5 Å². The molecule has 1 aromatic carbocycles. The highest BCUT2D eigenvalue weighted by atomic mass is 19.3. The summed E-state index contributed by atoms with van der Waals surface area (Å²) in [7, 11) is 1.50. The Morgan fingerprint density at radius 3 is 2.67 bits per heavy atom. The van der Waals surface area contributed by atoms with Gasteiger partial charge in [0.2, 0.25) is 5.89 Å². The largest absolute Gasteiger partial charge is 0.497 e. The minimum Gasteiger partial charge on any atom is -0.497 e. The lowest BCUT2D eigenvalue weighted by molar-refractivity contribution is -0.0504. The predicted molar refractivity (Wildman–Crippen MR) is 97.3 cm³/mol. The molecule has 2 N–H and O–H groups in total. The number of hydrogen-bond donors (Lipinski definition) is 2.